The normalized spacial score (nSPS) is 12.1. The number of carbonyl (C=O) groups is 1. The monoisotopic (exact) mass is 410 g/mol. The van der Waals surface area contributed by atoms with Gasteiger partial charge in [0.15, 0.2) is 0 Å². The molecule has 1 N–H and O–H groups in total. The minimum atomic E-state index is -4.38. The number of nitrogens with one attached hydrogen (secondary N) is 1. The van der Waals surface area contributed by atoms with E-state index < -0.39 is 11.7 Å². The number of nitrogens with zero attached hydrogens (tertiary/aromatic N) is 1. The largest absolute Gasteiger partial charge is 0.416 e. The first-order valence-electron chi connectivity index (χ1n) is 9.68. The Morgan fingerprint density at radius 3 is 2.07 bits per heavy atom. The number of amides is 1. The minimum absolute atomic E-state index is 0.188. The Morgan fingerprint density at radius 2 is 1.50 bits per heavy atom. The highest BCUT2D eigenvalue weighted by Gasteiger charge is 2.30. The summed E-state index contributed by atoms with van der Waals surface area (Å²) in [6.45, 7) is 4.21. The summed E-state index contributed by atoms with van der Waals surface area (Å²) in [4.78, 5) is 12.2. The Hall–Kier alpha value is -3.28. The van der Waals surface area contributed by atoms with Crippen molar-refractivity contribution in [2.45, 2.75) is 25.9 Å². The van der Waals surface area contributed by atoms with Crippen molar-refractivity contribution in [3.8, 4) is 5.69 Å². The average molecular weight is 410 g/mol. The van der Waals surface area contributed by atoms with Gasteiger partial charge in [-0.25, -0.2) is 0 Å². The molecule has 6 heteroatoms. The Balaban J connectivity index is 2.01. The van der Waals surface area contributed by atoms with Gasteiger partial charge in [0.25, 0.3) is 5.91 Å². The Bertz CT molecular complexity index is 1250. The van der Waals surface area contributed by atoms with Crippen LogP contribution in [0, 0.1) is 0 Å². The smallest absolute Gasteiger partial charge is 0.355 e. The van der Waals surface area contributed by atoms with E-state index in [1.807, 2.05) is 28.8 Å². The highest BCUT2D eigenvalue weighted by atomic mass is 19.4. The summed E-state index contributed by atoms with van der Waals surface area (Å²) in [6, 6.07) is 16.7. The number of benzene rings is 3. The van der Waals surface area contributed by atoms with Crippen LogP contribution in [0.15, 0.2) is 60.7 Å². The van der Waals surface area contributed by atoms with E-state index in [4.69, 9.17) is 0 Å². The maximum Gasteiger partial charge on any atom is 0.416 e. The molecule has 0 spiro atoms. The van der Waals surface area contributed by atoms with E-state index in [-0.39, 0.29) is 5.91 Å². The molecular formula is C24H21F3N2O. The first-order chi connectivity index (χ1) is 14.2. The second-order valence-electron chi connectivity index (χ2n) is 7.62. The van der Waals surface area contributed by atoms with Gasteiger partial charge in [0.05, 0.1) is 16.6 Å². The predicted octanol–water partition coefficient (Wildman–Crippen LogP) is 6.29. The lowest BCUT2D eigenvalue weighted by Gasteiger charge is -2.11. The van der Waals surface area contributed by atoms with Gasteiger partial charge in [-0.15, -0.1) is 0 Å². The number of carbonyl (C=O) groups excluding carboxylic acids is 1. The van der Waals surface area contributed by atoms with Crippen LogP contribution in [-0.4, -0.2) is 17.5 Å². The third-order valence-corrected chi connectivity index (χ3v) is 5.40. The molecule has 30 heavy (non-hydrogen) atoms. The zero-order chi connectivity index (χ0) is 21.6. The van der Waals surface area contributed by atoms with Gasteiger partial charge in [0, 0.05) is 29.1 Å². The number of alkyl halides is 3. The van der Waals surface area contributed by atoms with Crippen molar-refractivity contribution < 1.29 is 18.0 Å². The first-order valence-corrected chi connectivity index (χ1v) is 9.68. The van der Waals surface area contributed by atoms with Gasteiger partial charge in [0.1, 0.15) is 0 Å². The fourth-order valence-corrected chi connectivity index (χ4v) is 3.76. The van der Waals surface area contributed by atoms with Crippen molar-refractivity contribution in [1.29, 1.82) is 0 Å². The predicted molar refractivity (Wildman–Crippen MR) is 113 cm³/mol. The number of fused-ring (bicyclic) bond motifs is 3. The van der Waals surface area contributed by atoms with Gasteiger partial charge in [0.2, 0.25) is 0 Å². The molecule has 0 aliphatic heterocycles. The lowest BCUT2D eigenvalue weighted by Crippen LogP contribution is -2.17. The van der Waals surface area contributed by atoms with Crippen LogP contribution in [-0.2, 0) is 6.18 Å². The third-order valence-electron chi connectivity index (χ3n) is 5.40. The molecule has 4 aromatic rings. The van der Waals surface area contributed by atoms with E-state index in [2.05, 4.69) is 25.2 Å². The molecule has 4 rings (SSSR count). The lowest BCUT2D eigenvalue weighted by atomic mass is 10.0. The zero-order valence-corrected chi connectivity index (χ0v) is 16.8. The molecule has 0 aliphatic rings. The van der Waals surface area contributed by atoms with Crippen LogP contribution in [0.4, 0.5) is 13.2 Å². The zero-order valence-electron chi connectivity index (χ0n) is 16.8. The third kappa shape index (κ3) is 3.32. The van der Waals surface area contributed by atoms with Gasteiger partial charge in [-0.05, 0) is 66.1 Å². The van der Waals surface area contributed by atoms with Crippen molar-refractivity contribution in [1.82, 2.24) is 9.88 Å². The molecule has 0 atom stereocenters. The average Bonchev–Trinajstić information content (AvgIpc) is 3.05. The van der Waals surface area contributed by atoms with Crippen LogP contribution in [0.3, 0.4) is 0 Å². The molecule has 3 nitrogen and oxygen atoms in total. The number of hydrogen-bond acceptors (Lipinski definition) is 1. The van der Waals surface area contributed by atoms with Crippen LogP contribution in [0.1, 0.15) is 41.3 Å². The van der Waals surface area contributed by atoms with Crippen molar-refractivity contribution in [2.24, 2.45) is 0 Å². The number of rotatable bonds is 3. The van der Waals surface area contributed by atoms with Crippen LogP contribution in [0.5, 0.6) is 0 Å². The minimum Gasteiger partial charge on any atom is -0.355 e. The molecule has 0 radical (unpaired) electrons. The van der Waals surface area contributed by atoms with Gasteiger partial charge >= 0.3 is 6.18 Å². The number of aromatic nitrogens is 1. The van der Waals surface area contributed by atoms with E-state index in [0.717, 1.165) is 39.5 Å². The second kappa shape index (κ2) is 7.20. The van der Waals surface area contributed by atoms with E-state index in [1.54, 1.807) is 13.1 Å². The van der Waals surface area contributed by atoms with Gasteiger partial charge in [-0.1, -0.05) is 19.9 Å². The van der Waals surface area contributed by atoms with Gasteiger partial charge in [-0.3, -0.25) is 4.79 Å². The summed E-state index contributed by atoms with van der Waals surface area (Å²) in [5, 5.41) is 4.47. The summed E-state index contributed by atoms with van der Waals surface area (Å²) in [6.07, 6.45) is -4.38. The van der Waals surface area contributed by atoms with E-state index in [9.17, 15) is 18.0 Å². The summed E-state index contributed by atoms with van der Waals surface area (Å²) < 4.78 is 40.9. The topological polar surface area (TPSA) is 34.0 Å². The van der Waals surface area contributed by atoms with Crippen molar-refractivity contribution in [2.75, 3.05) is 7.05 Å². The van der Waals surface area contributed by atoms with Crippen LogP contribution in [0.25, 0.3) is 27.5 Å². The molecule has 3 aromatic carbocycles. The van der Waals surface area contributed by atoms with E-state index in [0.29, 0.717) is 17.2 Å². The molecule has 0 saturated carbocycles. The quantitative estimate of drug-likeness (QED) is 0.423. The first kappa shape index (κ1) is 20.0. The molecule has 0 aliphatic carbocycles. The number of halogens is 3. The highest BCUT2D eigenvalue weighted by Crippen LogP contribution is 2.36. The van der Waals surface area contributed by atoms with Gasteiger partial charge < -0.3 is 9.88 Å². The van der Waals surface area contributed by atoms with Crippen molar-refractivity contribution in [3.63, 3.8) is 0 Å². The van der Waals surface area contributed by atoms with Crippen LogP contribution < -0.4 is 5.32 Å². The second-order valence-corrected chi connectivity index (χ2v) is 7.62. The Kier molecular flexibility index (Phi) is 4.80. The van der Waals surface area contributed by atoms with Gasteiger partial charge in [-0.2, -0.15) is 13.2 Å². The van der Waals surface area contributed by atoms with Crippen molar-refractivity contribution >= 4 is 27.7 Å². The molecule has 1 heterocycles. The molecule has 1 aromatic heterocycles. The van der Waals surface area contributed by atoms with E-state index in [1.165, 1.54) is 12.1 Å². The molecule has 0 unspecified atom stereocenters. The fraction of sp³-hybridized carbons (Fsp3) is 0.208. The molecule has 0 bridgehead atoms. The summed E-state index contributed by atoms with van der Waals surface area (Å²) in [7, 11) is 1.58. The van der Waals surface area contributed by atoms with E-state index >= 15 is 0 Å². The standard InChI is InChI=1S/C24H21F3N2O/c1-14(2)15-4-10-21-19(12-15)20-13-16(23(30)28-3)5-11-22(20)29(21)18-8-6-17(7-9-18)24(25,26)27/h4-14H,1-3H3,(H,28,30). The number of hydrogen-bond donors (Lipinski definition) is 1. The molecule has 0 saturated heterocycles. The van der Waals surface area contributed by atoms with Crippen molar-refractivity contribution in [3.05, 3.63) is 77.4 Å². The maximum absolute atomic E-state index is 13.0. The highest BCUT2D eigenvalue weighted by molar-refractivity contribution is 6.11. The van der Waals surface area contributed by atoms with Crippen LogP contribution in [0.2, 0.25) is 0 Å². The molecule has 0 fully saturated rings. The van der Waals surface area contributed by atoms with Crippen LogP contribution >= 0.6 is 0 Å². The molecule has 1 amide bonds. The SMILES string of the molecule is CNC(=O)c1ccc2c(c1)c1cc(C(C)C)ccc1n2-c1ccc(C(F)(F)F)cc1. The lowest BCUT2D eigenvalue weighted by molar-refractivity contribution is -0.137. The molecular weight excluding hydrogens is 389 g/mol. The fourth-order valence-electron chi connectivity index (χ4n) is 3.76. The maximum atomic E-state index is 13.0. The Labute approximate surface area is 172 Å². The summed E-state index contributed by atoms with van der Waals surface area (Å²) in [5.41, 5.74) is 3.34. The molecule has 154 valence electrons. The summed E-state index contributed by atoms with van der Waals surface area (Å²) in [5.74, 6) is 0.133. The summed E-state index contributed by atoms with van der Waals surface area (Å²) >= 11 is 0. The Morgan fingerprint density at radius 1 is 0.900 bits per heavy atom.